The number of carboxylic acid groups (broad SMARTS) is 1. The highest BCUT2D eigenvalue weighted by atomic mass is 16.5. The topological polar surface area (TPSA) is 70.1 Å². The SMILES string of the molecule is COC1CN(C(=O)N2CCC(C(=O)O)CC2)CCC1C. The number of likely N-dealkylation sites (tertiary alicyclic amines) is 2. The van der Waals surface area contributed by atoms with Gasteiger partial charge in [-0.2, -0.15) is 0 Å². The Balaban J connectivity index is 1.87. The smallest absolute Gasteiger partial charge is 0.320 e. The molecule has 20 heavy (non-hydrogen) atoms. The van der Waals surface area contributed by atoms with E-state index in [1.54, 1.807) is 12.0 Å². The zero-order valence-corrected chi connectivity index (χ0v) is 12.2. The predicted octanol–water partition coefficient (Wildman–Crippen LogP) is 1.26. The van der Waals surface area contributed by atoms with Gasteiger partial charge in [-0.05, 0) is 25.2 Å². The Bertz CT molecular complexity index is 366. The molecule has 0 aromatic rings. The zero-order valence-electron chi connectivity index (χ0n) is 12.2. The monoisotopic (exact) mass is 284 g/mol. The van der Waals surface area contributed by atoms with Gasteiger partial charge in [0.15, 0.2) is 0 Å². The molecule has 0 aromatic heterocycles. The fourth-order valence-corrected chi connectivity index (χ4v) is 3.03. The highest BCUT2D eigenvalue weighted by molar-refractivity contribution is 5.75. The molecule has 2 amide bonds. The molecule has 6 heteroatoms. The van der Waals surface area contributed by atoms with E-state index in [2.05, 4.69) is 6.92 Å². The minimum Gasteiger partial charge on any atom is -0.481 e. The molecule has 0 aliphatic carbocycles. The molecule has 0 spiro atoms. The number of carbonyl (C=O) groups is 2. The Hall–Kier alpha value is -1.30. The van der Waals surface area contributed by atoms with Gasteiger partial charge in [0.1, 0.15) is 0 Å². The van der Waals surface area contributed by atoms with E-state index in [1.807, 2.05) is 4.90 Å². The fraction of sp³-hybridized carbons (Fsp3) is 0.857. The van der Waals surface area contributed by atoms with Gasteiger partial charge in [0.05, 0.1) is 12.0 Å². The summed E-state index contributed by atoms with van der Waals surface area (Å²) in [4.78, 5) is 27.0. The van der Waals surface area contributed by atoms with Crippen LogP contribution in [0.3, 0.4) is 0 Å². The minimum atomic E-state index is -0.747. The Morgan fingerprint density at radius 2 is 1.70 bits per heavy atom. The lowest BCUT2D eigenvalue weighted by molar-refractivity contribution is -0.143. The van der Waals surface area contributed by atoms with Crippen molar-refractivity contribution < 1.29 is 19.4 Å². The zero-order chi connectivity index (χ0) is 14.7. The van der Waals surface area contributed by atoms with Gasteiger partial charge >= 0.3 is 12.0 Å². The molecule has 2 heterocycles. The van der Waals surface area contributed by atoms with Crippen LogP contribution in [0.5, 0.6) is 0 Å². The van der Waals surface area contributed by atoms with Crippen molar-refractivity contribution in [2.75, 3.05) is 33.3 Å². The third-order valence-corrected chi connectivity index (χ3v) is 4.58. The van der Waals surface area contributed by atoms with Crippen LogP contribution in [0.4, 0.5) is 4.79 Å². The molecule has 2 atom stereocenters. The Kier molecular flexibility index (Phi) is 4.86. The van der Waals surface area contributed by atoms with E-state index >= 15 is 0 Å². The first-order chi connectivity index (χ1) is 9.52. The van der Waals surface area contributed by atoms with E-state index < -0.39 is 5.97 Å². The van der Waals surface area contributed by atoms with Crippen molar-refractivity contribution in [2.45, 2.75) is 32.3 Å². The van der Waals surface area contributed by atoms with Gasteiger partial charge in [0.25, 0.3) is 0 Å². The number of carbonyl (C=O) groups excluding carboxylic acids is 1. The summed E-state index contributed by atoms with van der Waals surface area (Å²) in [5, 5.41) is 8.98. The normalized spacial score (nSPS) is 28.5. The number of aliphatic carboxylic acids is 1. The molecule has 0 aromatic carbocycles. The van der Waals surface area contributed by atoms with Crippen molar-refractivity contribution in [1.82, 2.24) is 9.80 Å². The van der Waals surface area contributed by atoms with Crippen molar-refractivity contribution in [3.8, 4) is 0 Å². The molecule has 2 aliphatic heterocycles. The third-order valence-electron chi connectivity index (χ3n) is 4.58. The van der Waals surface area contributed by atoms with E-state index in [0.717, 1.165) is 13.0 Å². The highest BCUT2D eigenvalue weighted by Crippen LogP contribution is 2.23. The van der Waals surface area contributed by atoms with Crippen LogP contribution in [0.15, 0.2) is 0 Å². The summed E-state index contributed by atoms with van der Waals surface area (Å²) < 4.78 is 5.43. The summed E-state index contributed by atoms with van der Waals surface area (Å²) >= 11 is 0. The first-order valence-corrected chi connectivity index (χ1v) is 7.32. The number of hydrogen-bond acceptors (Lipinski definition) is 3. The number of hydrogen-bond donors (Lipinski definition) is 1. The van der Waals surface area contributed by atoms with Crippen LogP contribution in [-0.4, -0.2) is 66.3 Å². The lowest BCUT2D eigenvalue weighted by Gasteiger charge is -2.40. The second kappa shape index (κ2) is 6.43. The van der Waals surface area contributed by atoms with Crippen molar-refractivity contribution in [1.29, 1.82) is 0 Å². The summed E-state index contributed by atoms with van der Waals surface area (Å²) in [5.74, 6) is -0.572. The molecule has 2 saturated heterocycles. The maximum atomic E-state index is 12.4. The van der Waals surface area contributed by atoms with Crippen LogP contribution in [0, 0.1) is 11.8 Å². The largest absolute Gasteiger partial charge is 0.481 e. The molecule has 114 valence electrons. The number of urea groups is 1. The average molecular weight is 284 g/mol. The van der Waals surface area contributed by atoms with Crippen LogP contribution in [-0.2, 0) is 9.53 Å². The molecule has 2 aliphatic rings. The van der Waals surface area contributed by atoms with Gasteiger partial charge in [-0.3, -0.25) is 4.79 Å². The number of ether oxygens (including phenoxy) is 1. The number of piperidine rings is 2. The number of methoxy groups -OCH3 is 1. The predicted molar refractivity (Wildman–Crippen MR) is 73.5 cm³/mol. The lowest BCUT2D eigenvalue weighted by atomic mass is 9.95. The summed E-state index contributed by atoms with van der Waals surface area (Å²) in [5.41, 5.74) is 0. The average Bonchev–Trinajstić information content (AvgIpc) is 2.47. The number of rotatable bonds is 2. The highest BCUT2D eigenvalue weighted by Gasteiger charge is 2.33. The molecular weight excluding hydrogens is 260 g/mol. The van der Waals surface area contributed by atoms with Gasteiger partial charge in [-0.15, -0.1) is 0 Å². The molecule has 2 fully saturated rings. The van der Waals surface area contributed by atoms with E-state index in [-0.39, 0.29) is 18.1 Å². The van der Waals surface area contributed by atoms with Gasteiger partial charge in [-0.1, -0.05) is 6.92 Å². The van der Waals surface area contributed by atoms with Gasteiger partial charge in [0.2, 0.25) is 0 Å². The maximum absolute atomic E-state index is 12.4. The Morgan fingerprint density at radius 3 is 2.25 bits per heavy atom. The molecular formula is C14H24N2O4. The summed E-state index contributed by atoms with van der Waals surface area (Å²) in [6, 6.07) is 0.0304. The Labute approximate surface area is 119 Å². The second-order valence-electron chi connectivity index (χ2n) is 5.87. The van der Waals surface area contributed by atoms with Gasteiger partial charge in [0, 0.05) is 33.3 Å². The van der Waals surface area contributed by atoms with E-state index in [1.165, 1.54) is 0 Å². The van der Waals surface area contributed by atoms with Crippen molar-refractivity contribution in [2.24, 2.45) is 11.8 Å². The summed E-state index contributed by atoms with van der Waals surface area (Å²) in [6.07, 6.45) is 2.16. The second-order valence-corrected chi connectivity index (χ2v) is 5.87. The molecule has 6 nitrogen and oxygen atoms in total. The molecule has 2 rings (SSSR count). The summed E-state index contributed by atoms with van der Waals surface area (Å²) in [6.45, 7) is 4.63. The van der Waals surface area contributed by atoms with E-state index in [4.69, 9.17) is 9.84 Å². The quantitative estimate of drug-likeness (QED) is 0.828. The fourth-order valence-electron chi connectivity index (χ4n) is 3.03. The van der Waals surface area contributed by atoms with Crippen LogP contribution in [0.1, 0.15) is 26.2 Å². The standard InChI is InChI=1S/C14H24N2O4/c1-10-3-6-16(9-12(10)20-2)14(19)15-7-4-11(5-8-15)13(17)18/h10-12H,3-9H2,1-2H3,(H,17,18). The van der Waals surface area contributed by atoms with Crippen molar-refractivity contribution in [3.05, 3.63) is 0 Å². The molecule has 1 N–H and O–H groups in total. The molecule has 2 unspecified atom stereocenters. The molecule has 0 bridgehead atoms. The van der Waals surface area contributed by atoms with Gasteiger partial charge in [-0.25, -0.2) is 4.79 Å². The van der Waals surface area contributed by atoms with Crippen LogP contribution in [0.25, 0.3) is 0 Å². The third kappa shape index (κ3) is 3.23. The first kappa shape index (κ1) is 15.1. The number of nitrogens with zero attached hydrogens (tertiary/aromatic N) is 2. The maximum Gasteiger partial charge on any atom is 0.320 e. The first-order valence-electron chi connectivity index (χ1n) is 7.32. The van der Waals surface area contributed by atoms with E-state index in [9.17, 15) is 9.59 Å². The molecule has 0 saturated carbocycles. The lowest BCUT2D eigenvalue weighted by Crippen LogP contribution is -2.53. The number of amides is 2. The van der Waals surface area contributed by atoms with Crippen LogP contribution in [0.2, 0.25) is 0 Å². The minimum absolute atomic E-state index is 0.0304. The van der Waals surface area contributed by atoms with Crippen molar-refractivity contribution >= 4 is 12.0 Å². The van der Waals surface area contributed by atoms with Crippen LogP contribution < -0.4 is 0 Å². The molecule has 0 radical (unpaired) electrons. The Morgan fingerprint density at radius 1 is 1.10 bits per heavy atom. The van der Waals surface area contributed by atoms with E-state index in [0.29, 0.717) is 38.4 Å². The van der Waals surface area contributed by atoms with Gasteiger partial charge < -0.3 is 19.6 Å². The number of carboxylic acids is 1. The summed E-state index contributed by atoms with van der Waals surface area (Å²) in [7, 11) is 1.69. The van der Waals surface area contributed by atoms with Crippen LogP contribution >= 0.6 is 0 Å². The van der Waals surface area contributed by atoms with Crippen molar-refractivity contribution in [3.63, 3.8) is 0 Å².